The molecule has 3 aromatic rings. The third-order valence-corrected chi connectivity index (χ3v) is 4.09. The Kier molecular flexibility index (Phi) is 3.51. The number of hydrogen-bond acceptors (Lipinski definition) is 3. The lowest BCUT2D eigenvalue weighted by molar-refractivity contribution is 0.542. The molecule has 0 aliphatic carbocycles. The van der Waals surface area contributed by atoms with Crippen molar-refractivity contribution in [3.63, 3.8) is 0 Å². The second-order valence-corrected chi connectivity index (χ2v) is 5.59. The number of rotatable bonds is 2. The summed E-state index contributed by atoms with van der Waals surface area (Å²) < 4.78 is 20.6. The van der Waals surface area contributed by atoms with Gasteiger partial charge in [0.2, 0.25) is 0 Å². The molecule has 0 aliphatic heterocycles. The fourth-order valence-corrected chi connectivity index (χ4v) is 2.84. The van der Waals surface area contributed by atoms with Crippen LogP contribution in [-0.4, -0.2) is 9.78 Å². The normalized spacial score (nSPS) is 11.0. The molecule has 2 aromatic heterocycles. The summed E-state index contributed by atoms with van der Waals surface area (Å²) in [6, 6.07) is 5.94. The van der Waals surface area contributed by atoms with E-state index in [1.165, 1.54) is 12.1 Å². The summed E-state index contributed by atoms with van der Waals surface area (Å²) >= 11 is 9.47. The molecule has 4 nitrogen and oxygen atoms in total. The summed E-state index contributed by atoms with van der Waals surface area (Å²) in [6.07, 6.45) is 1.54. The first-order chi connectivity index (χ1) is 9.99. The number of halogens is 3. The van der Waals surface area contributed by atoms with E-state index in [1.807, 2.05) is 0 Å². The van der Waals surface area contributed by atoms with Gasteiger partial charge in [-0.15, -0.1) is 0 Å². The number of anilines is 1. The standard InChI is InChI=1S/C14H10BrClFN3O/c1-20-14(18)11(8-3-2-7(17)6-10(8)16)12(19-20)9-4-5-21-13(9)15/h2-6H,18H2,1H3. The lowest BCUT2D eigenvalue weighted by Crippen LogP contribution is -1.98. The molecule has 7 heteroatoms. The van der Waals surface area contributed by atoms with Crippen LogP contribution >= 0.6 is 27.5 Å². The Bertz CT molecular complexity index is 828. The fourth-order valence-electron chi connectivity index (χ4n) is 2.15. The summed E-state index contributed by atoms with van der Waals surface area (Å²) in [4.78, 5) is 0. The van der Waals surface area contributed by atoms with Gasteiger partial charge in [-0.2, -0.15) is 5.10 Å². The number of aromatic nitrogens is 2. The minimum Gasteiger partial charge on any atom is -0.457 e. The molecule has 0 amide bonds. The summed E-state index contributed by atoms with van der Waals surface area (Å²) in [5.41, 5.74) is 8.72. The second-order valence-electron chi connectivity index (χ2n) is 4.46. The zero-order chi connectivity index (χ0) is 15.1. The number of benzene rings is 1. The smallest absolute Gasteiger partial charge is 0.178 e. The average molecular weight is 371 g/mol. The summed E-state index contributed by atoms with van der Waals surface area (Å²) in [5, 5.41) is 4.68. The van der Waals surface area contributed by atoms with Crippen LogP contribution in [0.1, 0.15) is 0 Å². The maximum absolute atomic E-state index is 13.2. The molecular weight excluding hydrogens is 361 g/mol. The highest BCUT2D eigenvalue weighted by atomic mass is 79.9. The van der Waals surface area contributed by atoms with Gasteiger partial charge in [0.1, 0.15) is 17.3 Å². The van der Waals surface area contributed by atoms with Crippen LogP contribution in [0.5, 0.6) is 0 Å². The maximum Gasteiger partial charge on any atom is 0.178 e. The second kappa shape index (κ2) is 5.20. The molecule has 108 valence electrons. The Hall–Kier alpha value is -1.79. The molecule has 0 unspecified atom stereocenters. The van der Waals surface area contributed by atoms with Crippen LogP contribution in [0.15, 0.2) is 39.6 Å². The summed E-state index contributed by atoms with van der Waals surface area (Å²) in [5.74, 6) is 0.0314. The average Bonchev–Trinajstić information content (AvgIpc) is 2.96. The zero-order valence-electron chi connectivity index (χ0n) is 10.9. The van der Waals surface area contributed by atoms with E-state index in [9.17, 15) is 4.39 Å². The molecule has 0 bridgehead atoms. The Morgan fingerprint density at radius 3 is 2.71 bits per heavy atom. The predicted molar refractivity (Wildman–Crippen MR) is 83.4 cm³/mol. The fraction of sp³-hybridized carbons (Fsp3) is 0.0714. The minimum atomic E-state index is -0.405. The van der Waals surface area contributed by atoms with Crippen LogP contribution in [0, 0.1) is 5.82 Å². The molecule has 0 saturated carbocycles. The van der Waals surface area contributed by atoms with Crippen molar-refractivity contribution in [2.45, 2.75) is 0 Å². The van der Waals surface area contributed by atoms with Gasteiger partial charge < -0.3 is 10.2 Å². The Morgan fingerprint density at radius 1 is 1.33 bits per heavy atom. The molecular formula is C14H10BrClFN3O. The van der Waals surface area contributed by atoms with E-state index < -0.39 is 5.82 Å². The monoisotopic (exact) mass is 369 g/mol. The molecule has 0 spiro atoms. The van der Waals surface area contributed by atoms with Gasteiger partial charge in [0.25, 0.3) is 0 Å². The van der Waals surface area contributed by atoms with Gasteiger partial charge in [0, 0.05) is 12.6 Å². The van der Waals surface area contributed by atoms with E-state index in [1.54, 1.807) is 30.1 Å². The molecule has 1 aromatic carbocycles. The molecule has 0 radical (unpaired) electrons. The van der Waals surface area contributed by atoms with Crippen LogP contribution in [0.4, 0.5) is 10.2 Å². The number of furan rings is 1. The highest BCUT2D eigenvalue weighted by Gasteiger charge is 2.22. The van der Waals surface area contributed by atoms with Crippen molar-refractivity contribution in [3.05, 3.63) is 46.0 Å². The van der Waals surface area contributed by atoms with Crippen LogP contribution in [0.2, 0.25) is 5.02 Å². The Balaban J connectivity index is 2.30. The zero-order valence-corrected chi connectivity index (χ0v) is 13.2. The molecule has 2 heterocycles. The summed E-state index contributed by atoms with van der Waals surface area (Å²) in [6.45, 7) is 0. The number of nitrogens with two attached hydrogens (primary N) is 1. The van der Waals surface area contributed by atoms with E-state index in [0.717, 1.165) is 5.56 Å². The Labute approximate surface area is 133 Å². The molecule has 0 aliphatic rings. The van der Waals surface area contributed by atoms with Crippen molar-refractivity contribution in [3.8, 4) is 22.4 Å². The largest absolute Gasteiger partial charge is 0.457 e. The van der Waals surface area contributed by atoms with E-state index in [-0.39, 0.29) is 5.02 Å². The molecule has 0 saturated heterocycles. The van der Waals surface area contributed by atoms with Gasteiger partial charge in [-0.25, -0.2) is 4.39 Å². The summed E-state index contributed by atoms with van der Waals surface area (Å²) in [7, 11) is 1.73. The Morgan fingerprint density at radius 2 is 2.10 bits per heavy atom. The number of aryl methyl sites for hydroxylation is 1. The van der Waals surface area contributed by atoms with Crippen molar-refractivity contribution >= 4 is 33.3 Å². The van der Waals surface area contributed by atoms with Gasteiger partial charge in [-0.05, 0) is 40.2 Å². The minimum absolute atomic E-state index is 0.274. The van der Waals surface area contributed by atoms with Gasteiger partial charge in [0.05, 0.1) is 22.4 Å². The molecule has 2 N–H and O–H groups in total. The van der Waals surface area contributed by atoms with Crippen LogP contribution in [-0.2, 0) is 7.05 Å². The molecule has 0 fully saturated rings. The maximum atomic E-state index is 13.2. The predicted octanol–water partition coefficient (Wildman–Crippen LogP) is 4.48. The van der Waals surface area contributed by atoms with Gasteiger partial charge >= 0.3 is 0 Å². The van der Waals surface area contributed by atoms with Gasteiger partial charge in [-0.3, -0.25) is 4.68 Å². The molecule has 21 heavy (non-hydrogen) atoms. The lowest BCUT2D eigenvalue weighted by Gasteiger charge is -2.06. The molecule has 0 atom stereocenters. The number of nitrogens with zero attached hydrogens (tertiary/aromatic N) is 2. The number of nitrogen functional groups attached to an aromatic ring is 1. The van der Waals surface area contributed by atoms with E-state index in [0.29, 0.717) is 27.3 Å². The third kappa shape index (κ3) is 2.34. The van der Waals surface area contributed by atoms with Crippen molar-refractivity contribution in [1.82, 2.24) is 9.78 Å². The first kappa shape index (κ1) is 14.2. The van der Waals surface area contributed by atoms with E-state index >= 15 is 0 Å². The quantitative estimate of drug-likeness (QED) is 0.723. The van der Waals surface area contributed by atoms with E-state index in [4.69, 9.17) is 21.8 Å². The SMILES string of the molecule is Cn1nc(-c2ccoc2Br)c(-c2ccc(F)cc2Cl)c1N. The van der Waals surface area contributed by atoms with Crippen molar-refractivity contribution in [2.75, 3.05) is 5.73 Å². The van der Waals surface area contributed by atoms with Crippen molar-refractivity contribution in [2.24, 2.45) is 7.05 Å². The highest BCUT2D eigenvalue weighted by Crippen LogP contribution is 2.41. The van der Waals surface area contributed by atoms with E-state index in [2.05, 4.69) is 21.0 Å². The molecule has 3 rings (SSSR count). The number of hydrogen-bond donors (Lipinski definition) is 1. The topological polar surface area (TPSA) is 57.0 Å². The highest BCUT2D eigenvalue weighted by molar-refractivity contribution is 9.10. The first-order valence-corrected chi connectivity index (χ1v) is 7.17. The van der Waals surface area contributed by atoms with Crippen LogP contribution in [0.25, 0.3) is 22.4 Å². The van der Waals surface area contributed by atoms with Gasteiger partial charge in [0.15, 0.2) is 4.67 Å². The third-order valence-electron chi connectivity index (χ3n) is 3.17. The lowest BCUT2D eigenvalue weighted by atomic mass is 10.0. The van der Waals surface area contributed by atoms with Crippen LogP contribution < -0.4 is 5.73 Å². The first-order valence-electron chi connectivity index (χ1n) is 6.00. The van der Waals surface area contributed by atoms with Crippen molar-refractivity contribution in [1.29, 1.82) is 0 Å². The van der Waals surface area contributed by atoms with Crippen molar-refractivity contribution < 1.29 is 8.81 Å². The van der Waals surface area contributed by atoms with Gasteiger partial charge in [-0.1, -0.05) is 11.6 Å². The van der Waals surface area contributed by atoms with Crippen LogP contribution in [0.3, 0.4) is 0 Å².